The lowest BCUT2D eigenvalue weighted by Crippen LogP contribution is -2.20. The van der Waals surface area contributed by atoms with E-state index in [4.69, 9.17) is 28.3 Å². The van der Waals surface area contributed by atoms with Crippen LogP contribution in [0.2, 0.25) is 10.0 Å². The first-order valence-corrected chi connectivity index (χ1v) is 5.09. The molecule has 0 bridgehead atoms. The molecule has 0 spiro atoms. The van der Waals surface area contributed by atoms with E-state index in [0.717, 1.165) is 0 Å². The summed E-state index contributed by atoms with van der Waals surface area (Å²) in [5.74, 6) is 0. The fourth-order valence-corrected chi connectivity index (χ4v) is 1.61. The summed E-state index contributed by atoms with van der Waals surface area (Å²) in [4.78, 5) is 3.83. The quantitative estimate of drug-likeness (QED) is 0.751. The number of hydrogen-bond donors (Lipinski definition) is 3. The van der Waals surface area contributed by atoms with Gasteiger partial charge in [0.1, 0.15) is 6.10 Å². The minimum Gasteiger partial charge on any atom is -0.396 e. The minimum absolute atomic E-state index is 0.0573. The molecule has 1 aromatic heterocycles. The number of aromatic nitrogens is 1. The predicted molar refractivity (Wildman–Crippen MR) is 56.9 cm³/mol. The fraction of sp³-hybridized carbons (Fsp3) is 0.444. The predicted octanol–water partition coefficient (Wildman–Crippen LogP) is 1.17. The fourth-order valence-electron chi connectivity index (χ4n) is 1.12. The van der Waals surface area contributed by atoms with E-state index < -0.39 is 12.2 Å². The zero-order valence-electron chi connectivity index (χ0n) is 7.77. The van der Waals surface area contributed by atoms with Crippen molar-refractivity contribution in [1.29, 1.82) is 0 Å². The molecule has 0 aliphatic rings. The molecule has 84 valence electrons. The zero-order chi connectivity index (χ0) is 11.4. The van der Waals surface area contributed by atoms with Gasteiger partial charge in [-0.1, -0.05) is 23.2 Å². The van der Waals surface area contributed by atoms with Crippen LogP contribution < -0.4 is 0 Å². The highest BCUT2D eigenvalue weighted by Crippen LogP contribution is 2.26. The second-order valence-corrected chi connectivity index (χ2v) is 3.89. The van der Waals surface area contributed by atoms with Crippen LogP contribution in [-0.2, 0) is 0 Å². The van der Waals surface area contributed by atoms with Crippen LogP contribution in [0.1, 0.15) is 18.2 Å². The molecule has 3 N–H and O–H groups in total. The van der Waals surface area contributed by atoms with E-state index in [0.29, 0.717) is 5.02 Å². The van der Waals surface area contributed by atoms with Crippen molar-refractivity contribution in [2.75, 3.05) is 6.61 Å². The maximum Gasteiger partial charge on any atom is 0.123 e. The number of hydrogen-bond acceptors (Lipinski definition) is 4. The van der Waals surface area contributed by atoms with E-state index in [1.807, 2.05) is 0 Å². The molecule has 0 radical (unpaired) electrons. The molecule has 0 amide bonds. The van der Waals surface area contributed by atoms with Gasteiger partial charge in [-0.2, -0.15) is 0 Å². The van der Waals surface area contributed by atoms with E-state index >= 15 is 0 Å². The van der Waals surface area contributed by atoms with Crippen LogP contribution in [0.4, 0.5) is 0 Å². The van der Waals surface area contributed by atoms with Crippen molar-refractivity contribution >= 4 is 23.2 Å². The minimum atomic E-state index is -1.22. The number of aliphatic hydroxyl groups excluding tert-OH is 3. The van der Waals surface area contributed by atoms with Crippen molar-refractivity contribution in [3.05, 3.63) is 28.0 Å². The molecule has 0 fully saturated rings. The highest BCUT2D eigenvalue weighted by molar-refractivity contribution is 6.34. The smallest absolute Gasteiger partial charge is 0.123 e. The Balaban J connectivity index is 2.86. The van der Waals surface area contributed by atoms with Gasteiger partial charge in [-0.05, 0) is 12.5 Å². The summed E-state index contributed by atoms with van der Waals surface area (Å²) in [7, 11) is 0. The SMILES string of the molecule is OCCC(O)C(O)c1ncc(Cl)cc1Cl. The molecule has 0 aliphatic carbocycles. The van der Waals surface area contributed by atoms with E-state index in [1.165, 1.54) is 12.3 Å². The Hall–Kier alpha value is -0.390. The van der Waals surface area contributed by atoms with E-state index in [2.05, 4.69) is 4.98 Å². The Bertz CT molecular complexity index is 335. The first-order chi connectivity index (χ1) is 7.06. The summed E-state index contributed by atoms with van der Waals surface area (Å²) in [6, 6.07) is 1.43. The summed E-state index contributed by atoms with van der Waals surface area (Å²) in [5.41, 5.74) is 0.155. The van der Waals surface area contributed by atoms with Crippen LogP contribution >= 0.6 is 23.2 Å². The average molecular weight is 252 g/mol. The Kier molecular flexibility index (Phi) is 4.76. The molecule has 1 aromatic rings. The molecule has 0 aromatic carbocycles. The lowest BCUT2D eigenvalue weighted by atomic mass is 10.1. The molecule has 0 saturated heterocycles. The van der Waals surface area contributed by atoms with Gasteiger partial charge >= 0.3 is 0 Å². The van der Waals surface area contributed by atoms with Crippen LogP contribution in [0, 0.1) is 0 Å². The molecule has 0 saturated carbocycles. The third-order valence-electron chi connectivity index (χ3n) is 1.91. The summed E-state index contributed by atoms with van der Waals surface area (Å²) in [6.07, 6.45) is -0.928. The third-order valence-corrected chi connectivity index (χ3v) is 2.42. The van der Waals surface area contributed by atoms with Crippen LogP contribution in [0.25, 0.3) is 0 Å². The zero-order valence-corrected chi connectivity index (χ0v) is 9.28. The molecule has 4 nitrogen and oxygen atoms in total. The normalized spacial score (nSPS) is 15.0. The molecule has 15 heavy (non-hydrogen) atoms. The largest absolute Gasteiger partial charge is 0.396 e. The Morgan fingerprint density at radius 2 is 2.00 bits per heavy atom. The Labute approximate surface area is 97.1 Å². The van der Waals surface area contributed by atoms with Gasteiger partial charge < -0.3 is 15.3 Å². The average Bonchev–Trinajstić information content (AvgIpc) is 2.17. The van der Waals surface area contributed by atoms with Gasteiger partial charge in [0.05, 0.1) is 21.8 Å². The number of pyridine rings is 1. The van der Waals surface area contributed by atoms with Gasteiger partial charge in [-0.25, -0.2) is 0 Å². The first kappa shape index (κ1) is 12.7. The van der Waals surface area contributed by atoms with Gasteiger partial charge in [-0.3, -0.25) is 4.98 Å². The van der Waals surface area contributed by atoms with Crippen molar-refractivity contribution in [3.8, 4) is 0 Å². The molecule has 1 rings (SSSR count). The first-order valence-electron chi connectivity index (χ1n) is 4.34. The number of aliphatic hydroxyl groups is 3. The summed E-state index contributed by atoms with van der Waals surface area (Å²) in [5, 5.41) is 28.2. The maximum absolute atomic E-state index is 9.64. The van der Waals surface area contributed by atoms with Gasteiger partial charge in [0.2, 0.25) is 0 Å². The molecular weight excluding hydrogens is 241 g/mol. The molecule has 2 unspecified atom stereocenters. The van der Waals surface area contributed by atoms with Crippen LogP contribution in [0.15, 0.2) is 12.3 Å². The van der Waals surface area contributed by atoms with Gasteiger partial charge in [0.25, 0.3) is 0 Å². The third kappa shape index (κ3) is 3.29. The lowest BCUT2D eigenvalue weighted by molar-refractivity contribution is 0.00198. The van der Waals surface area contributed by atoms with E-state index in [1.54, 1.807) is 0 Å². The number of halogens is 2. The Morgan fingerprint density at radius 3 is 2.53 bits per heavy atom. The van der Waals surface area contributed by atoms with Crippen LogP contribution in [0.5, 0.6) is 0 Å². The Morgan fingerprint density at radius 1 is 1.33 bits per heavy atom. The highest BCUT2D eigenvalue weighted by Gasteiger charge is 2.21. The van der Waals surface area contributed by atoms with Crippen LogP contribution in [-0.4, -0.2) is 33.0 Å². The van der Waals surface area contributed by atoms with Gasteiger partial charge in [-0.15, -0.1) is 0 Å². The number of rotatable bonds is 4. The van der Waals surface area contributed by atoms with Crippen molar-refractivity contribution in [1.82, 2.24) is 4.98 Å². The van der Waals surface area contributed by atoms with Crippen LogP contribution in [0.3, 0.4) is 0 Å². The lowest BCUT2D eigenvalue weighted by Gasteiger charge is -2.17. The summed E-state index contributed by atoms with van der Waals surface area (Å²) < 4.78 is 0. The van der Waals surface area contributed by atoms with Crippen molar-refractivity contribution < 1.29 is 15.3 Å². The van der Waals surface area contributed by atoms with Crippen molar-refractivity contribution in [2.24, 2.45) is 0 Å². The topological polar surface area (TPSA) is 73.6 Å². The molecular formula is C9H11Cl2NO3. The maximum atomic E-state index is 9.64. The standard InChI is InChI=1S/C9H11Cl2NO3/c10-5-3-6(11)8(12-4-5)9(15)7(14)1-2-13/h3-4,7,9,13-15H,1-2H2. The van der Waals surface area contributed by atoms with Crippen molar-refractivity contribution in [3.63, 3.8) is 0 Å². The monoisotopic (exact) mass is 251 g/mol. The second-order valence-electron chi connectivity index (χ2n) is 3.05. The molecule has 0 aliphatic heterocycles. The second kappa shape index (κ2) is 5.63. The van der Waals surface area contributed by atoms with E-state index in [9.17, 15) is 10.2 Å². The number of nitrogens with zero attached hydrogens (tertiary/aromatic N) is 1. The summed E-state index contributed by atoms with van der Waals surface area (Å²) in [6.45, 7) is -0.219. The van der Waals surface area contributed by atoms with Crippen molar-refractivity contribution in [2.45, 2.75) is 18.6 Å². The van der Waals surface area contributed by atoms with Gasteiger partial charge in [0.15, 0.2) is 0 Å². The molecule has 6 heteroatoms. The molecule has 1 heterocycles. The van der Waals surface area contributed by atoms with Gasteiger partial charge in [0, 0.05) is 12.8 Å². The summed E-state index contributed by atoms with van der Waals surface area (Å²) >= 11 is 11.4. The highest BCUT2D eigenvalue weighted by atomic mass is 35.5. The molecule has 2 atom stereocenters. The van der Waals surface area contributed by atoms with E-state index in [-0.39, 0.29) is 23.7 Å².